The van der Waals surface area contributed by atoms with Crippen LogP contribution in [0.5, 0.6) is 11.5 Å². The Hall–Kier alpha value is -2.82. The molecule has 0 radical (unpaired) electrons. The van der Waals surface area contributed by atoms with E-state index < -0.39 is 0 Å². The molecule has 12 rings (SSSR count). The number of thioether (sulfide) groups is 2. The van der Waals surface area contributed by atoms with E-state index in [2.05, 4.69) is 86.6 Å². The molecule has 270 valence electrons. The largest absolute Gasteiger partial charge is 0.507 e. The van der Waals surface area contributed by atoms with Crippen molar-refractivity contribution in [1.82, 2.24) is 0 Å². The molecular weight excluding hydrogens is 673 g/mol. The van der Waals surface area contributed by atoms with Crippen molar-refractivity contribution in [3.63, 3.8) is 0 Å². The number of rotatable bonds is 11. The van der Waals surface area contributed by atoms with Gasteiger partial charge in [0.15, 0.2) is 0 Å². The molecule has 4 aromatic carbocycles. The third kappa shape index (κ3) is 5.43. The smallest absolute Gasteiger partial charge is 0.127 e. The van der Waals surface area contributed by atoms with Crippen molar-refractivity contribution in [2.45, 2.75) is 112 Å². The Labute approximate surface area is 319 Å². The molecule has 8 saturated carbocycles. The zero-order valence-electron chi connectivity index (χ0n) is 31.0. The molecule has 0 spiro atoms. The quantitative estimate of drug-likeness (QED) is 0.119. The summed E-state index contributed by atoms with van der Waals surface area (Å²) in [6.45, 7) is 4.44. The van der Waals surface area contributed by atoms with Gasteiger partial charge in [-0.15, -0.1) is 23.5 Å². The fourth-order valence-corrected chi connectivity index (χ4v) is 15.6. The number of aryl methyl sites for hydroxylation is 2. The minimum atomic E-state index is 0.201. The molecule has 8 fully saturated rings. The van der Waals surface area contributed by atoms with Gasteiger partial charge in [-0.25, -0.2) is 0 Å². The maximum Gasteiger partial charge on any atom is 0.127 e. The number of unbranched alkanes of at least 4 members (excludes halogenated alkanes) is 1. The second-order valence-electron chi connectivity index (χ2n) is 18.2. The first-order valence-corrected chi connectivity index (χ1v) is 22.4. The van der Waals surface area contributed by atoms with E-state index in [4.69, 9.17) is 0 Å². The van der Waals surface area contributed by atoms with Crippen LogP contribution in [0.15, 0.2) is 82.6 Å². The van der Waals surface area contributed by atoms with Gasteiger partial charge >= 0.3 is 0 Å². The molecule has 8 atom stereocenters. The van der Waals surface area contributed by atoms with Gasteiger partial charge < -0.3 is 10.2 Å². The first-order valence-electron chi connectivity index (χ1n) is 20.4. The van der Waals surface area contributed by atoms with E-state index in [1.807, 2.05) is 23.5 Å². The van der Waals surface area contributed by atoms with Crippen molar-refractivity contribution in [3.8, 4) is 33.8 Å². The van der Waals surface area contributed by atoms with E-state index in [0.29, 0.717) is 11.5 Å². The third-order valence-electron chi connectivity index (χ3n) is 15.0. The second kappa shape index (κ2) is 12.9. The summed E-state index contributed by atoms with van der Waals surface area (Å²) < 4.78 is 0. The Kier molecular flexibility index (Phi) is 8.37. The Morgan fingerprint density at radius 3 is 1.31 bits per heavy atom. The number of hydrogen-bond acceptors (Lipinski definition) is 4. The average molecular weight is 727 g/mol. The van der Waals surface area contributed by atoms with Crippen LogP contribution in [0.1, 0.15) is 99.3 Å². The Balaban J connectivity index is 0.817. The summed E-state index contributed by atoms with van der Waals surface area (Å²) in [4.78, 5) is 2.55. The lowest BCUT2D eigenvalue weighted by Gasteiger charge is -2.35. The predicted octanol–water partition coefficient (Wildman–Crippen LogP) is 12.9. The maximum atomic E-state index is 12.0. The lowest BCUT2D eigenvalue weighted by atomic mass is 9.70. The molecule has 8 aliphatic rings. The topological polar surface area (TPSA) is 40.5 Å². The van der Waals surface area contributed by atoms with Gasteiger partial charge in [0.05, 0.1) is 0 Å². The molecule has 0 aromatic heterocycles. The van der Waals surface area contributed by atoms with Crippen molar-refractivity contribution in [2.24, 2.45) is 35.5 Å². The van der Waals surface area contributed by atoms with E-state index in [1.165, 1.54) is 107 Å². The minimum Gasteiger partial charge on any atom is -0.507 e. The van der Waals surface area contributed by atoms with Crippen molar-refractivity contribution in [1.29, 1.82) is 0 Å². The van der Waals surface area contributed by atoms with Crippen LogP contribution < -0.4 is 0 Å². The number of benzene rings is 4. The zero-order valence-corrected chi connectivity index (χ0v) is 32.6. The predicted molar refractivity (Wildman–Crippen MR) is 218 cm³/mol. The molecule has 4 aromatic rings. The highest BCUT2D eigenvalue weighted by Gasteiger charge is 2.60. The van der Waals surface area contributed by atoms with Crippen LogP contribution in [0.4, 0.5) is 0 Å². The van der Waals surface area contributed by atoms with Gasteiger partial charge in [0.2, 0.25) is 0 Å². The molecule has 0 aliphatic heterocycles. The van der Waals surface area contributed by atoms with Gasteiger partial charge in [-0.05, 0) is 184 Å². The normalized spacial score (nSPS) is 32.0. The van der Waals surface area contributed by atoms with Crippen LogP contribution in [0.3, 0.4) is 0 Å². The molecule has 8 aliphatic carbocycles. The zero-order chi connectivity index (χ0) is 35.2. The van der Waals surface area contributed by atoms with E-state index in [9.17, 15) is 10.2 Å². The van der Waals surface area contributed by atoms with Crippen LogP contribution in [0.2, 0.25) is 0 Å². The van der Waals surface area contributed by atoms with Gasteiger partial charge in [-0.1, -0.05) is 48.5 Å². The molecule has 8 bridgehead atoms. The molecular formula is C48H54O2S2. The molecule has 4 heteroatoms. The summed E-state index contributed by atoms with van der Waals surface area (Å²) in [5, 5.41) is 24.0. The van der Waals surface area contributed by atoms with Gasteiger partial charge in [0, 0.05) is 42.9 Å². The molecule has 4 unspecified atom stereocenters. The number of phenolic OH excluding ortho intramolecular Hbond substituents is 2. The van der Waals surface area contributed by atoms with Crippen LogP contribution >= 0.6 is 23.5 Å². The Morgan fingerprint density at radius 1 is 0.519 bits per heavy atom. The fourth-order valence-electron chi connectivity index (χ4n) is 13.4. The van der Waals surface area contributed by atoms with Crippen molar-refractivity contribution >= 4 is 23.5 Å². The summed E-state index contributed by atoms with van der Waals surface area (Å²) in [6.07, 6.45) is 15.7. The van der Waals surface area contributed by atoms with Crippen LogP contribution in [-0.2, 0) is 10.8 Å². The molecule has 2 N–H and O–H groups in total. The molecule has 0 amide bonds. The summed E-state index contributed by atoms with van der Waals surface area (Å²) in [7, 11) is 0. The summed E-state index contributed by atoms with van der Waals surface area (Å²) >= 11 is 3.88. The van der Waals surface area contributed by atoms with Gasteiger partial charge in [-0.2, -0.15) is 0 Å². The lowest BCUT2D eigenvalue weighted by Crippen LogP contribution is -2.28. The van der Waals surface area contributed by atoms with Gasteiger partial charge in [0.25, 0.3) is 0 Å². The standard InChI is InChI=1S/C48H54O2S2/c1-29-15-39(45(49)41(17-29)47-25-31-19-32(26-47)22-35(47)21-31)37-9-3-5-11-43(37)51-13-7-8-14-52-44-12-6-4-10-38(44)40-16-30(2)18-42(46(40)50)48-27-33-20-34(28-48)24-36(48)23-33/h3-6,9-12,15-18,31-36,49-50H,7-8,13-14,19-28H2,1-2H3/t31-,32?,33+,34?,35-,36+,47?,48?. The molecule has 0 heterocycles. The highest BCUT2D eigenvalue weighted by molar-refractivity contribution is 7.99. The average Bonchev–Trinajstić information content (AvgIpc) is 3.74. The monoisotopic (exact) mass is 726 g/mol. The number of phenols is 2. The van der Waals surface area contributed by atoms with Crippen LogP contribution in [-0.4, -0.2) is 21.7 Å². The highest BCUT2D eigenvalue weighted by atomic mass is 32.2. The first kappa shape index (κ1) is 33.7. The van der Waals surface area contributed by atoms with Crippen LogP contribution in [0, 0.1) is 49.4 Å². The van der Waals surface area contributed by atoms with E-state index in [1.54, 1.807) is 0 Å². The summed E-state index contributed by atoms with van der Waals surface area (Å²) in [6, 6.07) is 26.6. The van der Waals surface area contributed by atoms with E-state index >= 15 is 0 Å². The first-order chi connectivity index (χ1) is 25.3. The van der Waals surface area contributed by atoms with Gasteiger partial charge in [-0.3, -0.25) is 0 Å². The van der Waals surface area contributed by atoms with Crippen molar-refractivity contribution in [3.05, 3.63) is 95.1 Å². The number of aromatic hydroxyl groups is 2. The van der Waals surface area contributed by atoms with Crippen molar-refractivity contribution in [2.75, 3.05) is 11.5 Å². The number of hydrogen-bond donors (Lipinski definition) is 2. The van der Waals surface area contributed by atoms with Crippen LogP contribution in [0.25, 0.3) is 22.3 Å². The summed E-state index contributed by atoms with van der Waals surface area (Å²) in [5.41, 5.74) is 9.87. The molecule has 52 heavy (non-hydrogen) atoms. The Morgan fingerprint density at radius 2 is 0.904 bits per heavy atom. The molecule has 0 saturated heterocycles. The third-order valence-corrected chi connectivity index (χ3v) is 17.3. The van der Waals surface area contributed by atoms with E-state index in [0.717, 1.165) is 71.0 Å². The SMILES string of the molecule is Cc1cc(-c2ccccc2SCCCCSc2ccccc2-c2cc(C)cc(C34CC5C[C@H](C[C@@H]3C5)C4)c2O)c(O)c(C23CC4C[C@@H](C[C@H]2C4)C3)c1. The molecule has 2 nitrogen and oxygen atoms in total. The minimum absolute atomic E-state index is 0.201. The second-order valence-corrected chi connectivity index (χ2v) is 20.5. The fraction of sp³-hybridized carbons (Fsp3) is 0.500. The maximum absolute atomic E-state index is 12.0. The summed E-state index contributed by atoms with van der Waals surface area (Å²) in [5.74, 6) is 8.19. The van der Waals surface area contributed by atoms with Gasteiger partial charge in [0.1, 0.15) is 11.5 Å². The van der Waals surface area contributed by atoms with Crippen molar-refractivity contribution < 1.29 is 10.2 Å². The Bertz CT molecular complexity index is 1860. The lowest BCUT2D eigenvalue weighted by molar-refractivity contribution is 0.263. The highest BCUT2D eigenvalue weighted by Crippen LogP contribution is 2.69. The van der Waals surface area contributed by atoms with E-state index in [-0.39, 0.29) is 10.8 Å².